The van der Waals surface area contributed by atoms with Crippen LogP contribution in [0.1, 0.15) is 18.2 Å². The Kier molecular flexibility index (Phi) is 3.82. The van der Waals surface area contributed by atoms with Gasteiger partial charge in [-0.2, -0.15) is 4.98 Å². The lowest BCUT2D eigenvalue weighted by atomic mass is 10.1. The lowest BCUT2D eigenvalue weighted by Gasteiger charge is -2.15. The van der Waals surface area contributed by atoms with E-state index in [0.29, 0.717) is 23.6 Å². The molecule has 4 rings (SSSR count). The van der Waals surface area contributed by atoms with Crippen molar-refractivity contribution in [3.8, 4) is 17.3 Å². The highest BCUT2D eigenvalue weighted by Gasteiger charge is 2.30. The molecule has 3 heterocycles. The van der Waals surface area contributed by atoms with Gasteiger partial charge in [-0.1, -0.05) is 18.2 Å². The van der Waals surface area contributed by atoms with Crippen molar-refractivity contribution in [2.75, 3.05) is 25.1 Å². The molecular weight excluding hydrogens is 306 g/mol. The second-order valence-electron chi connectivity index (χ2n) is 5.64. The molecule has 0 spiro atoms. The molecule has 0 radical (unpaired) electrons. The molecule has 1 saturated heterocycles. The van der Waals surface area contributed by atoms with E-state index in [1.807, 2.05) is 30.3 Å². The van der Waals surface area contributed by atoms with Crippen LogP contribution in [0.4, 0.5) is 5.95 Å². The van der Waals surface area contributed by atoms with Crippen LogP contribution in [0.15, 0.2) is 47.0 Å². The first-order valence-corrected chi connectivity index (χ1v) is 7.84. The van der Waals surface area contributed by atoms with Crippen LogP contribution < -0.4 is 9.64 Å². The molecule has 1 fully saturated rings. The molecule has 0 bridgehead atoms. The van der Waals surface area contributed by atoms with Crippen molar-refractivity contribution >= 4 is 5.95 Å². The van der Waals surface area contributed by atoms with E-state index in [0.717, 1.165) is 25.1 Å². The summed E-state index contributed by atoms with van der Waals surface area (Å²) in [6.45, 7) is 1.60. The minimum Gasteiger partial charge on any atom is -0.481 e. The van der Waals surface area contributed by atoms with Gasteiger partial charge in [-0.15, -0.1) is 10.2 Å². The molecule has 24 heavy (non-hydrogen) atoms. The zero-order chi connectivity index (χ0) is 16.4. The van der Waals surface area contributed by atoms with Gasteiger partial charge in [0.25, 0.3) is 0 Å². The smallest absolute Gasteiger partial charge is 0.247 e. The third-order valence-electron chi connectivity index (χ3n) is 4.11. The van der Waals surface area contributed by atoms with Gasteiger partial charge in [-0.3, -0.25) is 0 Å². The van der Waals surface area contributed by atoms with Gasteiger partial charge in [-0.05, 0) is 18.6 Å². The van der Waals surface area contributed by atoms with E-state index < -0.39 is 0 Å². The molecule has 1 atom stereocenters. The Morgan fingerprint density at radius 3 is 2.88 bits per heavy atom. The van der Waals surface area contributed by atoms with Crippen molar-refractivity contribution in [1.29, 1.82) is 0 Å². The first-order valence-electron chi connectivity index (χ1n) is 7.84. The summed E-state index contributed by atoms with van der Waals surface area (Å²) >= 11 is 0. The van der Waals surface area contributed by atoms with Gasteiger partial charge in [0.15, 0.2) is 0 Å². The van der Waals surface area contributed by atoms with Crippen molar-refractivity contribution in [2.45, 2.75) is 12.3 Å². The van der Waals surface area contributed by atoms with E-state index >= 15 is 0 Å². The Hall–Kier alpha value is -2.96. The predicted molar refractivity (Wildman–Crippen MR) is 87.9 cm³/mol. The number of ether oxygens (including phenoxy) is 1. The van der Waals surface area contributed by atoms with Crippen molar-refractivity contribution in [2.24, 2.45) is 0 Å². The monoisotopic (exact) mass is 323 g/mol. The van der Waals surface area contributed by atoms with E-state index in [2.05, 4.69) is 25.1 Å². The number of hydrogen-bond acceptors (Lipinski definition) is 7. The fraction of sp³-hybridized carbons (Fsp3) is 0.294. The van der Waals surface area contributed by atoms with Gasteiger partial charge < -0.3 is 14.1 Å². The summed E-state index contributed by atoms with van der Waals surface area (Å²) in [5.74, 6) is 2.64. The Morgan fingerprint density at radius 2 is 2.04 bits per heavy atom. The Morgan fingerprint density at radius 1 is 1.17 bits per heavy atom. The zero-order valence-electron chi connectivity index (χ0n) is 13.3. The van der Waals surface area contributed by atoms with Gasteiger partial charge in [0.05, 0.1) is 13.0 Å². The first kappa shape index (κ1) is 14.6. The van der Waals surface area contributed by atoms with Crippen molar-refractivity contribution in [3.63, 3.8) is 0 Å². The number of rotatable bonds is 4. The molecule has 0 unspecified atom stereocenters. The average Bonchev–Trinajstić information content (AvgIpc) is 3.32. The second-order valence-corrected chi connectivity index (χ2v) is 5.64. The molecule has 1 aliphatic heterocycles. The van der Waals surface area contributed by atoms with E-state index in [4.69, 9.17) is 9.15 Å². The second kappa shape index (κ2) is 6.27. The largest absolute Gasteiger partial charge is 0.481 e. The fourth-order valence-corrected chi connectivity index (χ4v) is 2.84. The van der Waals surface area contributed by atoms with Crippen LogP contribution in [-0.4, -0.2) is 40.4 Å². The van der Waals surface area contributed by atoms with Crippen LogP contribution in [0.2, 0.25) is 0 Å². The molecule has 1 aliphatic rings. The maximum atomic E-state index is 5.87. The third kappa shape index (κ3) is 2.80. The number of hydrogen-bond donors (Lipinski definition) is 0. The van der Waals surface area contributed by atoms with E-state index in [9.17, 15) is 0 Å². The van der Waals surface area contributed by atoms with Gasteiger partial charge in [-0.25, -0.2) is 4.98 Å². The van der Waals surface area contributed by atoms with Gasteiger partial charge in [0.2, 0.25) is 23.6 Å². The highest BCUT2D eigenvalue weighted by molar-refractivity contribution is 5.51. The highest BCUT2D eigenvalue weighted by atomic mass is 16.5. The van der Waals surface area contributed by atoms with Crippen LogP contribution in [0, 0.1) is 0 Å². The van der Waals surface area contributed by atoms with E-state index in [1.165, 1.54) is 0 Å². The summed E-state index contributed by atoms with van der Waals surface area (Å²) in [5, 5.41) is 8.40. The molecule has 7 nitrogen and oxygen atoms in total. The van der Waals surface area contributed by atoms with Crippen LogP contribution >= 0.6 is 0 Å². The van der Waals surface area contributed by atoms with Crippen LogP contribution in [0.5, 0.6) is 5.88 Å². The molecule has 122 valence electrons. The molecule has 0 amide bonds. The SMILES string of the molecule is COc1ccnc(N2CC[C@H](c3nnc(-c4ccccc4)o3)C2)n1. The zero-order valence-corrected chi connectivity index (χ0v) is 13.3. The quantitative estimate of drug-likeness (QED) is 0.730. The summed E-state index contributed by atoms with van der Waals surface area (Å²) in [7, 11) is 1.60. The number of aromatic nitrogens is 4. The van der Waals surface area contributed by atoms with Crippen molar-refractivity contribution in [1.82, 2.24) is 20.2 Å². The van der Waals surface area contributed by atoms with Gasteiger partial charge >= 0.3 is 0 Å². The summed E-state index contributed by atoms with van der Waals surface area (Å²) in [4.78, 5) is 10.8. The predicted octanol–water partition coefficient (Wildman–Crippen LogP) is 2.53. The van der Waals surface area contributed by atoms with Gasteiger partial charge in [0.1, 0.15) is 0 Å². The van der Waals surface area contributed by atoms with E-state index in [1.54, 1.807) is 19.4 Å². The number of nitrogens with zero attached hydrogens (tertiary/aromatic N) is 5. The lowest BCUT2D eigenvalue weighted by molar-refractivity contribution is 0.397. The lowest BCUT2D eigenvalue weighted by Crippen LogP contribution is -2.21. The Balaban J connectivity index is 1.50. The highest BCUT2D eigenvalue weighted by Crippen LogP contribution is 2.30. The summed E-state index contributed by atoms with van der Waals surface area (Å²) in [6, 6.07) is 11.5. The van der Waals surface area contributed by atoms with Crippen LogP contribution in [0.25, 0.3) is 11.5 Å². The topological polar surface area (TPSA) is 77.2 Å². The van der Waals surface area contributed by atoms with Crippen molar-refractivity contribution in [3.05, 3.63) is 48.5 Å². The minimum atomic E-state index is 0.185. The fourth-order valence-electron chi connectivity index (χ4n) is 2.84. The molecule has 2 aromatic heterocycles. The first-order chi connectivity index (χ1) is 11.8. The molecule has 1 aromatic carbocycles. The van der Waals surface area contributed by atoms with Crippen molar-refractivity contribution < 1.29 is 9.15 Å². The molecule has 0 N–H and O–H groups in total. The van der Waals surface area contributed by atoms with Crippen LogP contribution in [-0.2, 0) is 0 Å². The average molecular weight is 323 g/mol. The Labute approximate surface area is 139 Å². The van der Waals surface area contributed by atoms with Gasteiger partial charge in [0, 0.05) is 30.9 Å². The van der Waals surface area contributed by atoms with E-state index in [-0.39, 0.29) is 5.92 Å². The maximum absolute atomic E-state index is 5.87. The molecule has 0 saturated carbocycles. The standard InChI is InChI=1S/C17H17N5O2/c1-23-14-7-9-18-17(19-14)22-10-8-13(11-22)16-21-20-15(24-16)12-5-3-2-4-6-12/h2-7,9,13H,8,10-11H2,1H3/t13-/m0/s1. The number of anilines is 1. The minimum absolute atomic E-state index is 0.185. The molecule has 3 aromatic rings. The number of benzene rings is 1. The molecular formula is C17H17N5O2. The molecule has 7 heteroatoms. The van der Waals surface area contributed by atoms with Crippen LogP contribution in [0.3, 0.4) is 0 Å². The summed E-state index contributed by atoms with van der Waals surface area (Å²) in [6.07, 6.45) is 2.63. The summed E-state index contributed by atoms with van der Waals surface area (Å²) < 4.78 is 11.0. The maximum Gasteiger partial charge on any atom is 0.247 e. The summed E-state index contributed by atoms with van der Waals surface area (Å²) in [5.41, 5.74) is 0.933. The normalized spacial score (nSPS) is 17.2. The third-order valence-corrected chi connectivity index (χ3v) is 4.11. The number of methoxy groups -OCH3 is 1. The molecule has 0 aliphatic carbocycles. The Bertz CT molecular complexity index is 821.